The Morgan fingerprint density at radius 2 is 0.686 bits per heavy atom. The highest BCUT2D eigenvalue weighted by molar-refractivity contribution is 5.91. The molecule has 35 heavy (non-hydrogen) atoms. The van der Waals surface area contributed by atoms with E-state index in [9.17, 15) is 0 Å². The molecule has 5 aromatic rings. The average molecular weight is 455 g/mol. The van der Waals surface area contributed by atoms with Crippen molar-refractivity contribution in [2.24, 2.45) is 0 Å². The first-order chi connectivity index (χ1) is 17.1. The molecule has 0 unspecified atom stereocenters. The maximum absolute atomic E-state index is 2.25. The monoisotopic (exact) mass is 454 g/mol. The second-order valence-corrected chi connectivity index (χ2v) is 8.51. The lowest BCUT2D eigenvalue weighted by molar-refractivity contribution is 1.46. The largest absolute Gasteiger partial charge is 0.0622 e. The standard InChI is InChI=1S/C21H18.2C7H8/c1-17-12-14-18(15-13-17)16-21(19-8-4-2-5-9-19)20-10-6-3-7-11-20;2*1-7-5-3-2-4-6-7/h2-16H,1H3;2*2-6H,1H3. The second kappa shape index (κ2) is 14.2. The summed E-state index contributed by atoms with van der Waals surface area (Å²) in [4.78, 5) is 0. The molecule has 0 heterocycles. The van der Waals surface area contributed by atoms with Gasteiger partial charge in [0.1, 0.15) is 0 Å². The molecule has 0 aliphatic heterocycles. The van der Waals surface area contributed by atoms with Crippen LogP contribution in [0.1, 0.15) is 33.4 Å². The zero-order valence-electron chi connectivity index (χ0n) is 20.9. The van der Waals surface area contributed by atoms with E-state index in [1.165, 1.54) is 39.0 Å². The van der Waals surface area contributed by atoms with Gasteiger partial charge in [0.25, 0.3) is 0 Å². The smallest absolute Gasteiger partial charge is 0.0105 e. The minimum atomic E-state index is 1.23. The number of hydrogen-bond donors (Lipinski definition) is 0. The Morgan fingerprint density at radius 1 is 0.371 bits per heavy atom. The summed E-state index contributed by atoms with van der Waals surface area (Å²) in [5.74, 6) is 0. The van der Waals surface area contributed by atoms with Gasteiger partial charge >= 0.3 is 0 Å². The first-order valence-corrected chi connectivity index (χ1v) is 12.0. The molecule has 0 fully saturated rings. The minimum absolute atomic E-state index is 1.23. The number of hydrogen-bond acceptors (Lipinski definition) is 0. The Labute approximate surface area is 211 Å². The van der Waals surface area contributed by atoms with Gasteiger partial charge in [-0.2, -0.15) is 0 Å². The zero-order chi connectivity index (χ0) is 24.7. The summed E-state index contributed by atoms with van der Waals surface area (Å²) < 4.78 is 0. The molecule has 0 N–H and O–H groups in total. The lowest BCUT2D eigenvalue weighted by Gasteiger charge is -2.09. The molecule has 0 saturated heterocycles. The maximum Gasteiger partial charge on any atom is -0.0105 e. The maximum atomic E-state index is 2.25. The molecular weight excluding hydrogens is 420 g/mol. The van der Waals surface area contributed by atoms with Crippen LogP contribution in [-0.2, 0) is 0 Å². The van der Waals surface area contributed by atoms with E-state index in [0.717, 1.165) is 0 Å². The third-order valence-corrected chi connectivity index (χ3v) is 5.44. The molecule has 0 amide bonds. The lowest BCUT2D eigenvalue weighted by atomic mass is 9.95. The Balaban J connectivity index is 0.000000198. The van der Waals surface area contributed by atoms with E-state index in [1.54, 1.807) is 0 Å². The lowest BCUT2D eigenvalue weighted by Crippen LogP contribution is -1.88. The first kappa shape index (κ1) is 25.5. The summed E-state index contributed by atoms with van der Waals surface area (Å²) in [6.45, 7) is 6.28. The summed E-state index contributed by atoms with van der Waals surface area (Å²) in [5, 5.41) is 0. The van der Waals surface area contributed by atoms with Crippen LogP contribution in [0, 0.1) is 20.8 Å². The minimum Gasteiger partial charge on any atom is -0.0622 e. The highest BCUT2D eigenvalue weighted by Crippen LogP contribution is 2.25. The van der Waals surface area contributed by atoms with Crippen molar-refractivity contribution in [2.45, 2.75) is 20.8 Å². The van der Waals surface area contributed by atoms with Gasteiger partial charge in [-0.05, 0) is 49.1 Å². The van der Waals surface area contributed by atoms with Crippen LogP contribution in [0.2, 0.25) is 0 Å². The van der Waals surface area contributed by atoms with Crippen molar-refractivity contribution in [1.29, 1.82) is 0 Å². The fraction of sp³-hybridized carbons (Fsp3) is 0.0857. The van der Waals surface area contributed by atoms with Gasteiger partial charge in [0.05, 0.1) is 0 Å². The van der Waals surface area contributed by atoms with Crippen LogP contribution >= 0.6 is 0 Å². The molecule has 0 heteroatoms. The van der Waals surface area contributed by atoms with Crippen molar-refractivity contribution in [3.63, 3.8) is 0 Å². The van der Waals surface area contributed by atoms with Gasteiger partial charge in [0, 0.05) is 0 Å². The average Bonchev–Trinajstić information content (AvgIpc) is 2.91. The fourth-order valence-corrected chi connectivity index (χ4v) is 3.47. The normalized spacial score (nSPS) is 9.57. The van der Waals surface area contributed by atoms with Gasteiger partial charge < -0.3 is 0 Å². The Kier molecular flexibility index (Phi) is 10.3. The molecule has 0 atom stereocenters. The molecule has 0 saturated carbocycles. The van der Waals surface area contributed by atoms with Crippen molar-refractivity contribution >= 4 is 11.6 Å². The predicted molar refractivity (Wildman–Crippen MR) is 153 cm³/mol. The van der Waals surface area contributed by atoms with Gasteiger partial charge in [-0.3, -0.25) is 0 Å². The van der Waals surface area contributed by atoms with Crippen molar-refractivity contribution in [3.8, 4) is 0 Å². The zero-order valence-corrected chi connectivity index (χ0v) is 20.9. The quantitative estimate of drug-likeness (QED) is 0.238. The summed E-state index contributed by atoms with van der Waals surface area (Å²) in [7, 11) is 0. The Morgan fingerprint density at radius 3 is 1.00 bits per heavy atom. The second-order valence-electron chi connectivity index (χ2n) is 8.51. The molecule has 0 nitrogen and oxygen atoms in total. The number of rotatable bonds is 3. The Hall–Kier alpha value is -4.16. The molecule has 0 aliphatic rings. The predicted octanol–water partition coefficient (Wildman–Crippen LogP) is 9.57. The van der Waals surface area contributed by atoms with Gasteiger partial charge in [-0.15, -0.1) is 0 Å². The van der Waals surface area contributed by atoms with E-state index in [0.29, 0.717) is 0 Å². The molecule has 174 valence electrons. The van der Waals surface area contributed by atoms with Crippen molar-refractivity contribution in [2.75, 3.05) is 0 Å². The Bertz CT molecular complexity index is 1170. The molecule has 5 aromatic carbocycles. The molecule has 0 aliphatic carbocycles. The van der Waals surface area contributed by atoms with Crippen LogP contribution in [0.3, 0.4) is 0 Å². The molecule has 0 bridgehead atoms. The molecule has 0 aromatic heterocycles. The van der Waals surface area contributed by atoms with E-state index in [-0.39, 0.29) is 0 Å². The summed E-state index contributed by atoms with van der Waals surface area (Å²) in [6, 6.07) is 50.2. The van der Waals surface area contributed by atoms with Crippen molar-refractivity contribution < 1.29 is 0 Å². The topological polar surface area (TPSA) is 0 Å². The van der Waals surface area contributed by atoms with E-state index in [1.807, 2.05) is 36.4 Å². The number of benzene rings is 5. The van der Waals surface area contributed by atoms with Gasteiger partial charge in [-0.25, -0.2) is 0 Å². The van der Waals surface area contributed by atoms with Crippen LogP contribution in [-0.4, -0.2) is 0 Å². The van der Waals surface area contributed by atoms with Crippen LogP contribution in [0.25, 0.3) is 11.6 Å². The third-order valence-electron chi connectivity index (χ3n) is 5.44. The van der Waals surface area contributed by atoms with Crippen LogP contribution in [0.4, 0.5) is 0 Å². The third kappa shape index (κ3) is 9.31. The van der Waals surface area contributed by atoms with E-state index in [2.05, 4.69) is 136 Å². The first-order valence-electron chi connectivity index (χ1n) is 12.0. The van der Waals surface area contributed by atoms with Crippen molar-refractivity contribution in [3.05, 3.63) is 179 Å². The van der Waals surface area contributed by atoms with Gasteiger partial charge in [-0.1, -0.05) is 162 Å². The SMILES string of the molecule is Cc1ccc(C=C(c2ccccc2)c2ccccc2)cc1.Cc1ccccc1.Cc1ccccc1. The highest BCUT2D eigenvalue weighted by Gasteiger charge is 2.04. The summed E-state index contributed by atoms with van der Waals surface area (Å²) in [5.41, 5.74) is 8.88. The van der Waals surface area contributed by atoms with E-state index in [4.69, 9.17) is 0 Å². The van der Waals surface area contributed by atoms with E-state index < -0.39 is 0 Å². The molecule has 5 rings (SSSR count). The van der Waals surface area contributed by atoms with Gasteiger partial charge in [0.15, 0.2) is 0 Å². The van der Waals surface area contributed by atoms with Gasteiger partial charge in [0.2, 0.25) is 0 Å². The van der Waals surface area contributed by atoms with E-state index >= 15 is 0 Å². The van der Waals surface area contributed by atoms with Crippen LogP contribution < -0.4 is 0 Å². The molecule has 0 radical (unpaired) electrons. The highest BCUT2D eigenvalue weighted by atomic mass is 14.1. The van der Waals surface area contributed by atoms with Crippen molar-refractivity contribution in [1.82, 2.24) is 0 Å². The number of aryl methyl sites for hydroxylation is 3. The van der Waals surface area contributed by atoms with Crippen LogP contribution in [0.15, 0.2) is 146 Å². The van der Waals surface area contributed by atoms with Crippen LogP contribution in [0.5, 0.6) is 0 Å². The molecule has 0 spiro atoms. The summed E-state index contributed by atoms with van der Waals surface area (Å²) in [6.07, 6.45) is 2.25. The molecular formula is C35H34. The summed E-state index contributed by atoms with van der Waals surface area (Å²) >= 11 is 0. The fourth-order valence-electron chi connectivity index (χ4n) is 3.47.